The average Bonchev–Trinajstić information content (AvgIpc) is 3.32. The van der Waals surface area contributed by atoms with Crippen molar-refractivity contribution in [2.75, 3.05) is 6.61 Å². The van der Waals surface area contributed by atoms with Crippen LogP contribution in [0.1, 0.15) is 80.0 Å². The molecule has 0 bridgehead atoms. The van der Waals surface area contributed by atoms with Gasteiger partial charge in [-0.2, -0.15) is 5.10 Å². The molecule has 0 radical (unpaired) electrons. The third-order valence-corrected chi connectivity index (χ3v) is 7.31. The Hall–Kier alpha value is -2.79. The van der Waals surface area contributed by atoms with E-state index in [-0.39, 0.29) is 12.3 Å². The van der Waals surface area contributed by atoms with Crippen LogP contribution in [0.2, 0.25) is 0 Å². The molecule has 0 unspecified atom stereocenters. The van der Waals surface area contributed by atoms with Crippen LogP contribution in [0, 0.1) is 6.92 Å². The van der Waals surface area contributed by atoms with Crippen LogP contribution >= 0.6 is 15.9 Å². The summed E-state index contributed by atoms with van der Waals surface area (Å²) in [6, 6.07) is 23.3. The van der Waals surface area contributed by atoms with Crippen LogP contribution in [0.3, 0.4) is 0 Å². The van der Waals surface area contributed by atoms with Crippen LogP contribution in [0.25, 0.3) is 0 Å². The van der Waals surface area contributed by atoms with Crippen molar-refractivity contribution in [1.82, 2.24) is 5.01 Å². The minimum atomic E-state index is -0.278. The zero-order chi connectivity index (χ0) is 24.2. The summed E-state index contributed by atoms with van der Waals surface area (Å²) in [7, 11) is 0. The molecule has 0 fully saturated rings. The Morgan fingerprint density at radius 2 is 1.74 bits per heavy atom. The van der Waals surface area contributed by atoms with Crippen LogP contribution in [-0.4, -0.2) is 17.3 Å². The number of halogens is 1. The van der Waals surface area contributed by atoms with E-state index in [0.717, 1.165) is 46.7 Å². The second-order valence-corrected chi connectivity index (χ2v) is 10.4. The quantitative estimate of drug-likeness (QED) is 0.259. The molecule has 5 rings (SSSR count). The first kappa shape index (κ1) is 23.9. The van der Waals surface area contributed by atoms with Crippen molar-refractivity contribution in [3.63, 3.8) is 0 Å². The van der Waals surface area contributed by atoms with Crippen molar-refractivity contribution in [1.29, 1.82) is 0 Å². The molecule has 2 atom stereocenters. The fraction of sp³-hybridized carbons (Fsp3) is 0.367. The lowest BCUT2D eigenvalue weighted by Crippen LogP contribution is -2.33. The lowest BCUT2D eigenvalue weighted by molar-refractivity contribution is -0.0191. The fourth-order valence-corrected chi connectivity index (χ4v) is 5.20. The van der Waals surface area contributed by atoms with E-state index in [1.807, 2.05) is 6.07 Å². The number of fused-ring (bicyclic) bond motifs is 3. The summed E-state index contributed by atoms with van der Waals surface area (Å²) >= 11 is 3.64. The van der Waals surface area contributed by atoms with Gasteiger partial charge >= 0.3 is 0 Å². The van der Waals surface area contributed by atoms with Gasteiger partial charge in [-0.25, -0.2) is 5.01 Å². The molecule has 35 heavy (non-hydrogen) atoms. The monoisotopic (exact) mass is 532 g/mol. The molecule has 0 spiro atoms. The number of nitrogens with zero attached hydrogens (tertiary/aromatic N) is 2. The molecular formula is C30H33BrN2O2. The van der Waals surface area contributed by atoms with E-state index in [1.165, 1.54) is 42.4 Å². The van der Waals surface area contributed by atoms with Crippen LogP contribution < -0.4 is 9.47 Å². The highest BCUT2D eigenvalue weighted by atomic mass is 79.9. The summed E-state index contributed by atoms with van der Waals surface area (Å²) in [6.07, 6.45) is 6.77. The predicted molar refractivity (Wildman–Crippen MR) is 145 cm³/mol. The SMILES string of the molecule is CCCCCCCOc1ccc([C@@H]2Oc3ccc(Br)cc3[C@H]3CC(c4ccc(C)cc4)=NN32)cc1. The van der Waals surface area contributed by atoms with Gasteiger partial charge in [-0.3, -0.25) is 0 Å². The van der Waals surface area contributed by atoms with Gasteiger partial charge in [-0.15, -0.1) is 0 Å². The zero-order valence-electron chi connectivity index (χ0n) is 20.5. The molecule has 5 heteroatoms. The second kappa shape index (κ2) is 10.9. The summed E-state index contributed by atoms with van der Waals surface area (Å²) in [5.41, 5.74) is 5.77. The highest BCUT2D eigenvalue weighted by Crippen LogP contribution is 2.48. The van der Waals surface area contributed by atoms with Gasteiger partial charge in [-0.05, 0) is 61.4 Å². The molecule has 3 aromatic carbocycles. The number of aryl methyl sites for hydroxylation is 1. The van der Waals surface area contributed by atoms with Gasteiger partial charge in [0.1, 0.15) is 11.5 Å². The molecule has 4 nitrogen and oxygen atoms in total. The smallest absolute Gasteiger partial charge is 0.213 e. The van der Waals surface area contributed by atoms with Gasteiger partial charge in [-0.1, -0.05) is 78.4 Å². The molecule has 0 saturated heterocycles. The van der Waals surface area contributed by atoms with E-state index in [0.29, 0.717) is 0 Å². The Bertz CT molecular complexity index is 1170. The fourth-order valence-electron chi connectivity index (χ4n) is 4.82. The summed E-state index contributed by atoms with van der Waals surface area (Å²) < 4.78 is 13.6. The summed E-state index contributed by atoms with van der Waals surface area (Å²) in [6.45, 7) is 5.12. The van der Waals surface area contributed by atoms with Crippen molar-refractivity contribution < 1.29 is 9.47 Å². The molecule has 0 saturated carbocycles. The molecule has 182 valence electrons. The number of hydrazone groups is 1. The molecule has 2 aliphatic heterocycles. The first-order valence-electron chi connectivity index (χ1n) is 12.7. The highest BCUT2D eigenvalue weighted by molar-refractivity contribution is 9.10. The largest absolute Gasteiger partial charge is 0.494 e. The average molecular weight is 534 g/mol. The van der Waals surface area contributed by atoms with Gasteiger partial charge in [0.15, 0.2) is 0 Å². The lowest BCUT2D eigenvalue weighted by Gasteiger charge is -2.38. The van der Waals surface area contributed by atoms with E-state index >= 15 is 0 Å². The minimum Gasteiger partial charge on any atom is -0.494 e. The Morgan fingerprint density at radius 1 is 0.971 bits per heavy atom. The van der Waals surface area contributed by atoms with Gasteiger partial charge < -0.3 is 9.47 Å². The normalized spacial score (nSPS) is 18.5. The Labute approximate surface area is 217 Å². The van der Waals surface area contributed by atoms with Crippen molar-refractivity contribution in [3.8, 4) is 11.5 Å². The van der Waals surface area contributed by atoms with Crippen molar-refractivity contribution in [2.45, 2.75) is 64.6 Å². The maximum Gasteiger partial charge on any atom is 0.213 e. The highest BCUT2D eigenvalue weighted by Gasteiger charge is 2.41. The number of unbranched alkanes of at least 4 members (excludes halogenated alkanes) is 4. The topological polar surface area (TPSA) is 34.1 Å². The molecule has 0 aromatic heterocycles. The van der Waals surface area contributed by atoms with Gasteiger partial charge in [0.2, 0.25) is 6.23 Å². The molecular weight excluding hydrogens is 500 g/mol. The van der Waals surface area contributed by atoms with Crippen molar-refractivity contribution >= 4 is 21.6 Å². The lowest BCUT2D eigenvalue weighted by atomic mass is 9.95. The zero-order valence-corrected chi connectivity index (χ0v) is 22.1. The summed E-state index contributed by atoms with van der Waals surface area (Å²) in [4.78, 5) is 0. The summed E-state index contributed by atoms with van der Waals surface area (Å²) in [5, 5.41) is 7.21. The Morgan fingerprint density at radius 3 is 2.51 bits per heavy atom. The Balaban J connectivity index is 1.36. The van der Waals surface area contributed by atoms with Gasteiger partial charge in [0.25, 0.3) is 0 Å². The van der Waals surface area contributed by atoms with E-state index in [9.17, 15) is 0 Å². The summed E-state index contributed by atoms with van der Waals surface area (Å²) in [5.74, 6) is 1.83. The third-order valence-electron chi connectivity index (χ3n) is 6.82. The first-order chi connectivity index (χ1) is 17.1. The standard InChI is InChI=1S/C30H33BrN2O2/c1-3-4-5-6-7-18-34-25-15-12-23(13-16-25)30-33-28(26-19-24(31)14-17-29(26)35-30)20-27(32-33)22-10-8-21(2)9-11-22/h8-17,19,28,30H,3-7,18,20H2,1-2H3/t28-,30+/m1/s1. The second-order valence-electron chi connectivity index (χ2n) is 9.50. The number of hydrogen-bond donors (Lipinski definition) is 0. The first-order valence-corrected chi connectivity index (χ1v) is 13.5. The van der Waals surface area contributed by atoms with E-state index in [2.05, 4.69) is 95.5 Å². The number of hydrogen-bond acceptors (Lipinski definition) is 4. The molecule has 0 aliphatic carbocycles. The number of ether oxygens (including phenoxy) is 2. The van der Waals surface area contributed by atoms with Crippen molar-refractivity contribution in [2.24, 2.45) is 5.10 Å². The third kappa shape index (κ3) is 5.40. The Kier molecular flexibility index (Phi) is 7.43. The number of rotatable bonds is 9. The maximum atomic E-state index is 6.52. The van der Waals surface area contributed by atoms with Gasteiger partial charge in [0, 0.05) is 22.0 Å². The number of benzene rings is 3. The van der Waals surface area contributed by atoms with Gasteiger partial charge in [0.05, 0.1) is 18.4 Å². The predicted octanol–water partition coefficient (Wildman–Crippen LogP) is 8.35. The minimum absolute atomic E-state index is 0.136. The van der Waals surface area contributed by atoms with E-state index in [1.54, 1.807) is 0 Å². The van der Waals surface area contributed by atoms with Crippen molar-refractivity contribution in [3.05, 3.63) is 93.5 Å². The van der Waals surface area contributed by atoms with Crippen LogP contribution in [0.5, 0.6) is 11.5 Å². The van der Waals surface area contributed by atoms with Crippen LogP contribution in [0.4, 0.5) is 0 Å². The molecule has 2 heterocycles. The maximum absolute atomic E-state index is 6.52. The molecule has 0 amide bonds. The molecule has 0 N–H and O–H groups in total. The molecule has 3 aromatic rings. The van der Waals surface area contributed by atoms with Crippen LogP contribution in [-0.2, 0) is 0 Å². The van der Waals surface area contributed by atoms with E-state index in [4.69, 9.17) is 14.6 Å². The van der Waals surface area contributed by atoms with E-state index < -0.39 is 0 Å². The molecule has 2 aliphatic rings. The van der Waals surface area contributed by atoms with Crippen LogP contribution in [0.15, 0.2) is 76.3 Å².